The van der Waals surface area contributed by atoms with Crippen LogP contribution in [0.5, 0.6) is 0 Å². The van der Waals surface area contributed by atoms with Crippen molar-refractivity contribution < 1.29 is 9.90 Å². The molecular weight excluding hydrogens is 240 g/mol. The van der Waals surface area contributed by atoms with Crippen LogP contribution in [0.15, 0.2) is 47.6 Å². The number of amides is 1. The molecule has 1 aliphatic rings. The highest BCUT2D eigenvalue weighted by Gasteiger charge is 2.28. The number of aliphatic hydroxyl groups excluding tert-OH is 1. The third kappa shape index (κ3) is 3.51. The van der Waals surface area contributed by atoms with E-state index in [4.69, 9.17) is 5.11 Å². The van der Waals surface area contributed by atoms with E-state index in [0.717, 1.165) is 19.1 Å². The first kappa shape index (κ1) is 15.1. The van der Waals surface area contributed by atoms with Gasteiger partial charge in [0, 0.05) is 25.3 Å². The van der Waals surface area contributed by atoms with E-state index >= 15 is 0 Å². The molecule has 1 N–H and O–H groups in total. The first-order valence-corrected chi connectivity index (χ1v) is 6.27. The Morgan fingerprint density at radius 2 is 2.05 bits per heavy atom. The van der Waals surface area contributed by atoms with Gasteiger partial charge >= 0.3 is 0 Å². The maximum atomic E-state index is 12.1. The number of carbonyl (C=O) groups excluding carboxylic acids is 1. The van der Waals surface area contributed by atoms with Crippen molar-refractivity contribution in [2.75, 3.05) is 7.11 Å². The quantitative estimate of drug-likeness (QED) is 0.849. The zero-order valence-electron chi connectivity index (χ0n) is 11.4. The van der Waals surface area contributed by atoms with E-state index < -0.39 is 0 Å². The van der Waals surface area contributed by atoms with Crippen molar-refractivity contribution in [3.63, 3.8) is 0 Å². The lowest BCUT2D eigenvalue weighted by molar-refractivity contribution is -0.129. The maximum Gasteiger partial charge on any atom is 0.269 e. The Bertz CT molecular complexity index is 454. The van der Waals surface area contributed by atoms with E-state index in [0.29, 0.717) is 12.0 Å². The molecule has 1 unspecified atom stereocenters. The van der Waals surface area contributed by atoms with Crippen LogP contribution < -0.4 is 0 Å². The predicted octanol–water partition coefficient (Wildman–Crippen LogP) is 2.52. The summed E-state index contributed by atoms with van der Waals surface area (Å²) in [7, 11) is 1.00. The highest BCUT2D eigenvalue weighted by molar-refractivity contribution is 5.94. The topological polar surface area (TPSA) is 52.9 Å². The molecule has 1 heterocycles. The van der Waals surface area contributed by atoms with Gasteiger partial charge in [0.05, 0.1) is 6.04 Å². The minimum absolute atomic E-state index is 0.0204. The van der Waals surface area contributed by atoms with Crippen LogP contribution in [0.1, 0.15) is 31.4 Å². The van der Waals surface area contributed by atoms with Crippen molar-refractivity contribution in [1.82, 2.24) is 5.01 Å². The lowest BCUT2D eigenvalue weighted by atomic mass is 10.0. The Hall–Kier alpha value is -1.94. The molecule has 1 atom stereocenters. The largest absolute Gasteiger partial charge is 0.400 e. The third-order valence-corrected chi connectivity index (χ3v) is 2.95. The average Bonchev–Trinajstić information content (AvgIpc) is 2.98. The summed E-state index contributed by atoms with van der Waals surface area (Å²) in [6.07, 6.45) is 3.22. The van der Waals surface area contributed by atoms with Crippen molar-refractivity contribution in [3.05, 3.63) is 48.0 Å². The summed E-state index contributed by atoms with van der Waals surface area (Å²) in [6, 6.07) is 9.99. The molecule has 2 rings (SSSR count). The molecule has 4 heteroatoms. The number of nitrogens with zero attached hydrogens (tertiary/aromatic N) is 2. The molecule has 0 fully saturated rings. The molecule has 1 aromatic rings. The van der Waals surface area contributed by atoms with Crippen LogP contribution >= 0.6 is 0 Å². The van der Waals surface area contributed by atoms with E-state index in [9.17, 15) is 4.79 Å². The van der Waals surface area contributed by atoms with Crippen LogP contribution in [0.3, 0.4) is 0 Å². The van der Waals surface area contributed by atoms with Gasteiger partial charge < -0.3 is 5.11 Å². The second-order valence-corrected chi connectivity index (χ2v) is 4.07. The van der Waals surface area contributed by atoms with Gasteiger partial charge in [-0.25, -0.2) is 5.01 Å². The van der Waals surface area contributed by atoms with Crippen LogP contribution in [0.2, 0.25) is 0 Å². The number of hydrogen-bond donors (Lipinski definition) is 1. The molecule has 1 aliphatic heterocycles. The number of hydrazone groups is 1. The Kier molecular flexibility index (Phi) is 5.96. The Balaban J connectivity index is 0.000000861. The minimum Gasteiger partial charge on any atom is -0.400 e. The average molecular weight is 260 g/mol. The summed E-state index contributed by atoms with van der Waals surface area (Å²) >= 11 is 0. The number of benzene rings is 1. The molecular formula is C15H20N2O2. The molecule has 102 valence electrons. The lowest BCUT2D eigenvalue weighted by Crippen LogP contribution is -2.27. The predicted molar refractivity (Wildman–Crippen MR) is 76.7 cm³/mol. The Morgan fingerprint density at radius 1 is 1.42 bits per heavy atom. The second kappa shape index (κ2) is 7.48. The van der Waals surface area contributed by atoms with Crippen molar-refractivity contribution in [1.29, 1.82) is 0 Å². The molecule has 1 amide bonds. The molecule has 0 aromatic heterocycles. The van der Waals surface area contributed by atoms with E-state index in [2.05, 4.69) is 11.7 Å². The smallest absolute Gasteiger partial charge is 0.269 e. The zero-order chi connectivity index (χ0) is 14.3. The van der Waals surface area contributed by atoms with Gasteiger partial charge in [-0.1, -0.05) is 43.8 Å². The van der Waals surface area contributed by atoms with Crippen molar-refractivity contribution in [2.24, 2.45) is 5.10 Å². The van der Waals surface area contributed by atoms with Crippen LogP contribution in [-0.4, -0.2) is 29.3 Å². The number of aliphatic hydroxyl groups is 1. The van der Waals surface area contributed by atoms with Crippen molar-refractivity contribution >= 4 is 12.1 Å². The number of hydrogen-bond acceptors (Lipinski definition) is 3. The van der Waals surface area contributed by atoms with Gasteiger partial charge in [-0.15, -0.1) is 0 Å². The summed E-state index contributed by atoms with van der Waals surface area (Å²) in [5.41, 5.74) is 1.72. The summed E-state index contributed by atoms with van der Waals surface area (Å²) in [4.78, 5) is 12.1. The normalized spacial score (nSPS) is 16.8. The highest BCUT2D eigenvalue weighted by Crippen LogP contribution is 2.29. The summed E-state index contributed by atoms with van der Waals surface area (Å²) in [5, 5.41) is 12.7. The molecule has 0 saturated heterocycles. The van der Waals surface area contributed by atoms with Crippen molar-refractivity contribution in [2.45, 2.75) is 25.8 Å². The fraction of sp³-hybridized carbons (Fsp3) is 0.333. The van der Waals surface area contributed by atoms with Gasteiger partial charge in [-0.3, -0.25) is 4.79 Å². The maximum absolute atomic E-state index is 12.1. The Morgan fingerprint density at radius 3 is 2.63 bits per heavy atom. The van der Waals surface area contributed by atoms with Gasteiger partial charge in [0.2, 0.25) is 0 Å². The van der Waals surface area contributed by atoms with Gasteiger partial charge in [0.25, 0.3) is 5.91 Å². The van der Waals surface area contributed by atoms with E-state index in [-0.39, 0.29) is 11.9 Å². The lowest BCUT2D eigenvalue weighted by Gasteiger charge is -2.22. The monoisotopic (exact) mass is 260 g/mol. The third-order valence-electron chi connectivity index (χ3n) is 2.95. The molecule has 1 aromatic carbocycles. The fourth-order valence-electron chi connectivity index (χ4n) is 1.87. The van der Waals surface area contributed by atoms with Crippen molar-refractivity contribution in [3.8, 4) is 0 Å². The number of rotatable bonds is 3. The summed E-state index contributed by atoms with van der Waals surface area (Å²) in [5.74, 6) is -0.0740. The fourth-order valence-corrected chi connectivity index (χ4v) is 1.87. The first-order chi connectivity index (χ1) is 9.24. The first-order valence-electron chi connectivity index (χ1n) is 6.27. The van der Waals surface area contributed by atoms with Gasteiger partial charge in [0.1, 0.15) is 0 Å². The molecule has 4 nitrogen and oxygen atoms in total. The zero-order valence-corrected chi connectivity index (χ0v) is 11.4. The van der Waals surface area contributed by atoms with Crippen LogP contribution in [0.4, 0.5) is 0 Å². The van der Waals surface area contributed by atoms with E-state index in [1.54, 1.807) is 11.2 Å². The molecule has 0 aliphatic carbocycles. The molecule has 0 spiro atoms. The van der Waals surface area contributed by atoms with E-state index in [1.807, 2.05) is 37.3 Å². The highest BCUT2D eigenvalue weighted by atomic mass is 16.2. The SMILES string of the molecule is C=C(CC)C(=O)N1N=CCC1c1ccccc1.CO. The Labute approximate surface area is 114 Å². The molecule has 0 radical (unpaired) electrons. The molecule has 0 saturated carbocycles. The van der Waals surface area contributed by atoms with Crippen LogP contribution in [-0.2, 0) is 4.79 Å². The van der Waals surface area contributed by atoms with Gasteiger partial charge in [-0.2, -0.15) is 5.10 Å². The van der Waals surface area contributed by atoms with Crippen LogP contribution in [0.25, 0.3) is 0 Å². The summed E-state index contributed by atoms with van der Waals surface area (Å²) in [6.45, 7) is 5.71. The van der Waals surface area contributed by atoms with Gasteiger partial charge in [0.15, 0.2) is 0 Å². The number of carbonyl (C=O) groups is 1. The minimum atomic E-state index is -0.0740. The van der Waals surface area contributed by atoms with Gasteiger partial charge in [-0.05, 0) is 12.0 Å². The molecule has 19 heavy (non-hydrogen) atoms. The van der Waals surface area contributed by atoms with E-state index in [1.165, 1.54) is 0 Å². The standard InChI is InChI=1S/C14H16N2O.CH4O/c1-3-11(2)14(17)16-13(9-10-15-16)12-7-5-4-6-8-12;1-2/h4-8,10,13H,2-3,9H2,1H3;2H,1H3. The molecule has 0 bridgehead atoms. The second-order valence-electron chi connectivity index (χ2n) is 4.07. The summed E-state index contributed by atoms with van der Waals surface area (Å²) < 4.78 is 0. The van der Waals surface area contributed by atoms with Crippen LogP contribution in [0, 0.1) is 0 Å².